The lowest BCUT2D eigenvalue weighted by molar-refractivity contribution is -0.136. The highest BCUT2D eigenvalue weighted by Crippen LogP contribution is 2.37. The summed E-state index contributed by atoms with van der Waals surface area (Å²) >= 11 is 12.4. The van der Waals surface area contributed by atoms with E-state index in [1.807, 2.05) is 18.2 Å². The Morgan fingerprint density at radius 2 is 1.83 bits per heavy atom. The number of carbonyl (C=O) groups excluding carboxylic acids is 3. The van der Waals surface area contributed by atoms with Gasteiger partial charge in [-0.1, -0.05) is 53.9 Å². The van der Waals surface area contributed by atoms with Crippen molar-refractivity contribution in [1.29, 1.82) is 0 Å². The predicted molar refractivity (Wildman–Crippen MR) is 127 cm³/mol. The third-order valence-electron chi connectivity index (χ3n) is 5.28. The number of piperidine rings is 1. The van der Waals surface area contributed by atoms with Crippen LogP contribution in [0.5, 0.6) is 0 Å². The van der Waals surface area contributed by atoms with E-state index in [1.54, 1.807) is 16.7 Å². The molecule has 1 unspecified atom stereocenters. The van der Waals surface area contributed by atoms with Crippen LogP contribution in [0.1, 0.15) is 39.9 Å². The first-order valence-corrected chi connectivity index (χ1v) is 13.0. The molecule has 0 aromatic heterocycles. The van der Waals surface area contributed by atoms with E-state index in [-0.39, 0.29) is 24.1 Å². The van der Waals surface area contributed by atoms with E-state index in [4.69, 9.17) is 0 Å². The molecule has 30 heavy (non-hydrogen) atoms. The maximum Gasteiger partial charge on any atom is 0.255 e. The summed E-state index contributed by atoms with van der Waals surface area (Å²) in [5, 5.41) is 3.11. The number of thioether (sulfide) groups is 1. The highest BCUT2D eigenvalue weighted by molar-refractivity contribution is 9.11. The van der Waals surface area contributed by atoms with Gasteiger partial charge in [0.1, 0.15) is 6.04 Å². The highest BCUT2D eigenvalue weighted by atomic mass is 79.9. The lowest BCUT2D eigenvalue weighted by atomic mass is 10.0. The van der Waals surface area contributed by atoms with Gasteiger partial charge in [0.25, 0.3) is 5.91 Å². The molecule has 2 heterocycles. The van der Waals surface area contributed by atoms with Gasteiger partial charge in [0.2, 0.25) is 11.8 Å². The fraction of sp³-hybridized carbons (Fsp3) is 0.286. The van der Waals surface area contributed by atoms with Gasteiger partial charge in [0.05, 0.1) is 0 Å². The van der Waals surface area contributed by atoms with Gasteiger partial charge < -0.3 is 4.90 Å². The molecule has 1 fully saturated rings. The second-order valence-corrected chi connectivity index (χ2v) is 10.4. The third kappa shape index (κ3) is 4.26. The van der Waals surface area contributed by atoms with Gasteiger partial charge in [-0.15, -0.1) is 11.8 Å². The molecular weight excluding hydrogens is 600 g/mol. The second kappa shape index (κ2) is 9.14. The lowest BCUT2D eigenvalue weighted by Gasteiger charge is -2.29. The van der Waals surface area contributed by atoms with Crippen LogP contribution in [0.4, 0.5) is 0 Å². The summed E-state index contributed by atoms with van der Waals surface area (Å²) in [7, 11) is 0. The van der Waals surface area contributed by atoms with Crippen molar-refractivity contribution in [3.05, 3.63) is 61.5 Å². The first kappa shape index (κ1) is 22.0. The van der Waals surface area contributed by atoms with E-state index in [0.717, 1.165) is 36.1 Å². The van der Waals surface area contributed by atoms with Crippen LogP contribution in [-0.4, -0.2) is 28.7 Å². The Balaban J connectivity index is 1.54. The molecule has 0 aliphatic carbocycles. The molecule has 2 aliphatic rings. The van der Waals surface area contributed by atoms with Gasteiger partial charge >= 0.3 is 0 Å². The number of nitrogens with zero attached hydrogens (tertiary/aromatic N) is 1. The zero-order valence-corrected chi connectivity index (χ0v) is 21.3. The number of imide groups is 1. The van der Waals surface area contributed by atoms with Gasteiger partial charge in [0.15, 0.2) is 0 Å². The first-order chi connectivity index (χ1) is 14.4. The number of carbonyl (C=O) groups is 3. The standard InChI is InChI=1S/C21H17Br3N2O3S/c22-8-11-6-16(24)12(7-15(11)23)10-30-18-3-1-2-13-14(18)9-26(21(13)29)17-4-5-19(27)25-20(17)28/h1-3,6-7,17H,4-5,8-10H2,(H,25,27,28). The third-order valence-corrected chi connectivity index (χ3v) is 8.51. The van der Waals surface area contributed by atoms with Crippen LogP contribution in [0.15, 0.2) is 44.2 Å². The zero-order valence-electron chi connectivity index (χ0n) is 15.7. The molecular formula is C21H17Br3N2O3S. The monoisotopic (exact) mass is 614 g/mol. The minimum absolute atomic E-state index is 0.146. The molecule has 4 rings (SSSR count). The largest absolute Gasteiger partial charge is 0.322 e. The van der Waals surface area contributed by atoms with Gasteiger partial charge in [-0.3, -0.25) is 19.7 Å². The molecule has 0 bridgehead atoms. The van der Waals surface area contributed by atoms with Gasteiger partial charge in [0, 0.05) is 43.5 Å². The fourth-order valence-corrected chi connectivity index (χ4v) is 6.85. The van der Waals surface area contributed by atoms with Crippen LogP contribution in [0, 0.1) is 0 Å². The smallest absolute Gasteiger partial charge is 0.255 e. The van der Waals surface area contributed by atoms with Crippen LogP contribution in [0.3, 0.4) is 0 Å². The van der Waals surface area contributed by atoms with E-state index in [1.165, 1.54) is 5.56 Å². The molecule has 156 valence electrons. The summed E-state index contributed by atoms with van der Waals surface area (Å²) in [4.78, 5) is 39.3. The molecule has 1 saturated heterocycles. The molecule has 2 aliphatic heterocycles. The SMILES string of the molecule is O=C1CCC(N2Cc3c(SCc4cc(Br)c(CBr)cc4Br)cccc3C2=O)C(=O)N1. The van der Waals surface area contributed by atoms with Crippen molar-refractivity contribution in [1.82, 2.24) is 10.2 Å². The molecule has 1 N–H and O–H groups in total. The highest BCUT2D eigenvalue weighted by Gasteiger charge is 2.39. The summed E-state index contributed by atoms with van der Waals surface area (Å²) in [6.07, 6.45) is 0.624. The topological polar surface area (TPSA) is 66.5 Å². The van der Waals surface area contributed by atoms with Gasteiger partial charge in [-0.05, 0) is 47.4 Å². The summed E-state index contributed by atoms with van der Waals surface area (Å²) in [6, 6.07) is 9.32. The Bertz CT molecular complexity index is 1060. The van der Waals surface area contributed by atoms with Crippen molar-refractivity contribution < 1.29 is 14.4 Å². The average Bonchev–Trinajstić information content (AvgIpc) is 3.05. The van der Waals surface area contributed by atoms with Crippen LogP contribution in [0.2, 0.25) is 0 Å². The number of fused-ring (bicyclic) bond motifs is 1. The molecule has 0 radical (unpaired) electrons. The van der Waals surface area contributed by atoms with Crippen LogP contribution in [0.25, 0.3) is 0 Å². The van der Waals surface area contributed by atoms with Crippen LogP contribution < -0.4 is 5.32 Å². The van der Waals surface area contributed by atoms with Gasteiger partial charge in [-0.2, -0.15) is 0 Å². The molecule has 9 heteroatoms. The minimum atomic E-state index is -0.595. The number of hydrogen-bond donors (Lipinski definition) is 1. The summed E-state index contributed by atoms with van der Waals surface area (Å²) in [5.74, 6) is -0.0701. The van der Waals surface area contributed by atoms with Crippen LogP contribution in [-0.2, 0) is 27.2 Å². The molecule has 0 spiro atoms. The summed E-state index contributed by atoms with van der Waals surface area (Å²) in [5.41, 5.74) is 3.91. The number of nitrogens with one attached hydrogen (secondary N) is 1. The number of halogens is 3. The normalized spacial score (nSPS) is 18.6. The number of benzene rings is 2. The van der Waals surface area contributed by atoms with E-state index in [0.29, 0.717) is 18.5 Å². The Morgan fingerprint density at radius 1 is 1.10 bits per heavy atom. The Kier molecular flexibility index (Phi) is 6.72. The Morgan fingerprint density at radius 3 is 2.57 bits per heavy atom. The van der Waals surface area contributed by atoms with Crippen molar-refractivity contribution in [3.8, 4) is 0 Å². The van der Waals surface area contributed by atoms with Crippen molar-refractivity contribution in [2.45, 2.75) is 41.4 Å². The molecule has 1 atom stereocenters. The molecule has 0 saturated carbocycles. The van der Waals surface area contributed by atoms with E-state index >= 15 is 0 Å². The average molecular weight is 617 g/mol. The van der Waals surface area contributed by atoms with Gasteiger partial charge in [-0.25, -0.2) is 0 Å². The van der Waals surface area contributed by atoms with Crippen molar-refractivity contribution in [2.24, 2.45) is 0 Å². The maximum absolute atomic E-state index is 13.0. The maximum atomic E-state index is 13.0. The summed E-state index contributed by atoms with van der Waals surface area (Å²) in [6.45, 7) is 0.386. The lowest BCUT2D eigenvalue weighted by Crippen LogP contribution is -2.52. The molecule has 2 aromatic rings. The quantitative estimate of drug-likeness (QED) is 0.286. The number of alkyl halides is 1. The molecule has 3 amide bonds. The summed E-state index contributed by atoms with van der Waals surface area (Å²) < 4.78 is 2.09. The number of amides is 3. The Hall–Kier alpha value is -1.16. The molecule has 2 aromatic carbocycles. The van der Waals surface area contributed by atoms with Crippen molar-refractivity contribution in [2.75, 3.05) is 0 Å². The first-order valence-electron chi connectivity index (χ1n) is 9.31. The van der Waals surface area contributed by atoms with E-state index in [9.17, 15) is 14.4 Å². The van der Waals surface area contributed by atoms with Crippen molar-refractivity contribution >= 4 is 77.3 Å². The van der Waals surface area contributed by atoms with E-state index < -0.39 is 6.04 Å². The number of hydrogen-bond acceptors (Lipinski definition) is 4. The second-order valence-electron chi connectivity index (χ2n) is 7.14. The fourth-order valence-electron chi connectivity index (χ4n) is 3.69. The number of rotatable bonds is 5. The zero-order chi connectivity index (χ0) is 21.4. The minimum Gasteiger partial charge on any atom is -0.322 e. The predicted octanol–water partition coefficient (Wildman–Crippen LogP) is 5.16. The van der Waals surface area contributed by atoms with Crippen molar-refractivity contribution in [3.63, 3.8) is 0 Å². The van der Waals surface area contributed by atoms with Crippen LogP contribution >= 0.6 is 59.6 Å². The molecule has 5 nitrogen and oxygen atoms in total. The van der Waals surface area contributed by atoms with E-state index in [2.05, 4.69) is 65.2 Å². The Labute approximate surface area is 203 Å².